The molecule has 0 aliphatic rings. The molecule has 4 nitrogen and oxygen atoms in total. The molecule has 1 aromatic carbocycles. The summed E-state index contributed by atoms with van der Waals surface area (Å²) in [6.45, 7) is 2.06. The molecule has 2 rings (SSSR count). The first-order valence-corrected chi connectivity index (χ1v) is 6.37. The van der Waals surface area contributed by atoms with Crippen LogP contribution in [0.3, 0.4) is 0 Å². The van der Waals surface area contributed by atoms with Gasteiger partial charge in [0.25, 0.3) is 0 Å². The van der Waals surface area contributed by atoms with Crippen LogP contribution >= 0.6 is 11.6 Å². The predicted molar refractivity (Wildman–Crippen MR) is 76.5 cm³/mol. The highest BCUT2D eigenvalue weighted by Gasteiger charge is 2.12. The maximum absolute atomic E-state index is 6.32. The fourth-order valence-corrected chi connectivity index (χ4v) is 2.20. The quantitative estimate of drug-likeness (QED) is 0.933. The number of benzene rings is 1. The Kier molecular flexibility index (Phi) is 4.35. The zero-order valence-corrected chi connectivity index (χ0v) is 11.9. The van der Waals surface area contributed by atoms with Gasteiger partial charge in [0, 0.05) is 29.0 Å². The summed E-state index contributed by atoms with van der Waals surface area (Å²) in [4.78, 5) is 8.43. The molecule has 0 bridgehead atoms. The molecule has 0 amide bonds. The lowest BCUT2D eigenvalue weighted by atomic mass is 10.0. The highest BCUT2D eigenvalue weighted by atomic mass is 35.5. The van der Waals surface area contributed by atoms with Crippen LogP contribution in [-0.2, 0) is 0 Å². The first kappa shape index (κ1) is 13.8. The molecular weight excluding hydrogens is 262 g/mol. The van der Waals surface area contributed by atoms with E-state index in [4.69, 9.17) is 16.3 Å². The third kappa shape index (κ3) is 2.85. The Morgan fingerprint density at radius 2 is 2.00 bits per heavy atom. The second-order valence-electron chi connectivity index (χ2n) is 4.16. The van der Waals surface area contributed by atoms with Crippen molar-refractivity contribution in [3.63, 3.8) is 0 Å². The van der Waals surface area contributed by atoms with Gasteiger partial charge in [0.2, 0.25) is 5.88 Å². The molecule has 1 unspecified atom stereocenters. The molecule has 0 aliphatic heterocycles. The molecule has 1 atom stereocenters. The van der Waals surface area contributed by atoms with Gasteiger partial charge in [0.1, 0.15) is 5.69 Å². The Morgan fingerprint density at radius 1 is 1.26 bits per heavy atom. The average Bonchev–Trinajstić information content (AvgIpc) is 2.46. The SMILES string of the molecule is CNC(C)c1ccc(-c2nccnc2OC)cc1Cl. The molecule has 1 aromatic heterocycles. The van der Waals surface area contributed by atoms with Gasteiger partial charge in [-0.25, -0.2) is 9.97 Å². The smallest absolute Gasteiger partial charge is 0.240 e. The van der Waals surface area contributed by atoms with Crippen LogP contribution in [-0.4, -0.2) is 24.1 Å². The van der Waals surface area contributed by atoms with E-state index >= 15 is 0 Å². The van der Waals surface area contributed by atoms with Crippen molar-refractivity contribution in [1.29, 1.82) is 0 Å². The van der Waals surface area contributed by atoms with E-state index in [1.165, 1.54) is 0 Å². The molecule has 0 spiro atoms. The number of ether oxygens (including phenoxy) is 1. The van der Waals surface area contributed by atoms with Crippen LogP contribution in [0.4, 0.5) is 0 Å². The van der Waals surface area contributed by atoms with Crippen molar-refractivity contribution in [3.8, 4) is 17.1 Å². The van der Waals surface area contributed by atoms with E-state index in [9.17, 15) is 0 Å². The third-order valence-corrected chi connectivity index (χ3v) is 3.36. The molecule has 100 valence electrons. The van der Waals surface area contributed by atoms with Gasteiger partial charge in [0.15, 0.2) is 0 Å². The molecule has 2 aromatic rings. The molecule has 1 heterocycles. The van der Waals surface area contributed by atoms with Crippen molar-refractivity contribution >= 4 is 11.6 Å². The number of nitrogens with one attached hydrogen (secondary N) is 1. The zero-order chi connectivity index (χ0) is 13.8. The van der Waals surface area contributed by atoms with Gasteiger partial charge in [0.05, 0.1) is 7.11 Å². The van der Waals surface area contributed by atoms with Crippen LogP contribution in [0.5, 0.6) is 5.88 Å². The van der Waals surface area contributed by atoms with Crippen LogP contribution in [0.2, 0.25) is 5.02 Å². The van der Waals surface area contributed by atoms with E-state index in [-0.39, 0.29) is 6.04 Å². The predicted octanol–water partition coefficient (Wildman–Crippen LogP) is 3.09. The number of hydrogen-bond donors (Lipinski definition) is 1. The Labute approximate surface area is 117 Å². The van der Waals surface area contributed by atoms with E-state index < -0.39 is 0 Å². The summed E-state index contributed by atoms with van der Waals surface area (Å²) in [6.07, 6.45) is 3.23. The second-order valence-corrected chi connectivity index (χ2v) is 4.57. The minimum Gasteiger partial charge on any atom is -0.479 e. The van der Waals surface area contributed by atoms with Crippen LogP contribution in [0.25, 0.3) is 11.3 Å². The average molecular weight is 278 g/mol. The van der Waals surface area contributed by atoms with Gasteiger partial charge >= 0.3 is 0 Å². The fourth-order valence-electron chi connectivity index (χ4n) is 1.85. The Morgan fingerprint density at radius 3 is 2.63 bits per heavy atom. The minimum absolute atomic E-state index is 0.199. The van der Waals surface area contributed by atoms with Crippen molar-refractivity contribution in [1.82, 2.24) is 15.3 Å². The van der Waals surface area contributed by atoms with Crippen LogP contribution < -0.4 is 10.1 Å². The van der Waals surface area contributed by atoms with E-state index in [2.05, 4.69) is 22.2 Å². The van der Waals surface area contributed by atoms with Crippen molar-refractivity contribution in [3.05, 3.63) is 41.2 Å². The molecule has 0 saturated heterocycles. The monoisotopic (exact) mass is 277 g/mol. The van der Waals surface area contributed by atoms with E-state index in [1.807, 2.05) is 25.2 Å². The van der Waals surface area contributed by atoms with E-state index in [0.29, 0.717) is 16.6 Å². The molecule has 0 saturated carbocycles. The first-order chi connectivity index (χ1) is 9.17. The normalized spacial score (nSPS) is 12.2. The van der Waals surface area contributed by atoms with Gasteiger partial charge in [-0.1, -0.05) is 23.7 Å². The van der Waals surface area contributed by atoms with Crippen molar-refractivity contribution < 1.29 is 4.74 Å². The molecule has 0 radical (unpaired) electrons. The number of nitrogens with zero attached hydrogens (tertiary/aromatic N) is 2. The zero-order valence-electron chi connectivity index (χ0n) is 11.1. The van der Waals surface area contributed by atoms with Crippen LogP contribution in [0.1, 0.15) is 18.5 Å². The number of halogens is 1. The number of methoxy groups -OCH3 is 1. The summed E-state index contributed by atoms with van der Waals surface area (Å²) in [5.41, 5.74) is 2.63. The van der Waals surface area contributed by atoms with Crippen LogP contribution in [0.15, 0.2) is 30.6 Å². The number of rotatable bonds is 4. The highest BCUT2D eigenvalue weighted by Crippen LogP contribution is 2.31. The van der Waals surface area contributed by atoms with Gasteiger partial charge in [-0.15, -0.1) is 0 Å². The summed E-state index contributed by atoms with van der Waals surface area (Å²) in [7, 11) is 3.48. The Balaban J connectivity index is 2.44. The lowest BCUT2D eigenvalue weighted by molar-refractivity contribution is 0.398. The molecule has 19 heavy (non-hydrogen) atoms. The molecular formula is C14H16ClN3O. The van der Waals surface area contributed by atoms with Gasteiger partial charge in [-0.05, 0) is 25.6 Å². The maximum Gasteiger partial charge on any atom is 0.240 e. The van der Waals surface area contributed by atoms with Crippen molar-refractivity contribution in [2.45, 2.75) is 13.0 Å². The van der Waals surface area contributed by atoms with E-state index in [1.54, 1.807) is 19.5 Å². The van der Waals surface area contributed by atoms with Gasteiger partial charge < -0.3 is 10.1 Å². The summed E-state index contributed by atoms with van der Waals surface area (Å²) < 4.78 is 5.21. The maximum atomic E-state index is 6.32. The Hall–Kier alpha value is -1.65. The first-order valence-electron chi connectivity index (χ1n) is 5.99. The second kappa shape index (κ2) is 5.99. The fraction of sp³-hybridized carbons (Fsp3) is 0.286. The van der Waals surface area contributed by atoms with E-state index in [0.717, 1.165) is 11.1 Å². The molecule has 5 heteroatoms. The van der Waals surface area contributed by atoms with Gasteiger partial charge in [-0.2, -0.15) is 0 Å². The summed E-state index contributed by atoms with van der Waals surface area (Å²) in [5.74, 6) is 0.494. The van der Waals surface area contributed by atoms with Crippen molar-refractivity contribution in [2.75, 3.05) is 14.2 Å². The van der Waals surface area contributed by atoms with Gasteiger partial charge in [-0.3, -0.25) is 0 Å². The molecule has 0 fully saturated rings. The largest absolute Gasteiger partial charge is 0.479 e. The summed E-state index contributed by atoms with van der Waals surface area (Å²) >= 11 is 6.32. The number of aromatic nitrogens is 2. The number of hydrogen-bond acceptors (Lipinski definition) is 4. The topological polar surface area (TPSA) is 47.0 Å². The minimum atomic E-state index is 0.199. The summed E-state index contributed by atoms with van der Waals surface area (Å²) in [5, 5.41) is 3.87. The standard InChI is InChI=1S/C14H16ClN3O/c1-9(16-2)11-5-4-10(8-12(11)15)13-14(19-3)18-7-6-17-13/h4-9,16H,1-3H3. The summed E-state index contributed by atoms with van der Waals surface area (Å²) in [6, 6.07) is 6.05. The molecule has 0 aliphatic carbocycles. The van der Waals surface area contributed by atoms with Crippen LogP contribution in [0, 0.1) is 0 Å². The molecule has 1 N–H and O–H groups in total. The van der Waals surface area contributed by atoms with Crippen molar-refractivity contribution in [2.24, 2.45) is 0 Å². The highest BCUT2D eigenvalue weighted by molar-refractivity contribution is 6.31. The Bertz CT molecular complexity index is 574. The lowest BCUT2D eigenvalue weighted by Crippen LogP contribution is -2.12. The third-order valence-electron chi connectivity index (χ3n) is 3.03. The lowest BCUT2D eigenvalue weighted by Gasteiger charge is -2.14.